The molecule has 0 aromatic heterocycles. The molecule has 0 saturated carbocycles. The molecule has 0 bridgehead atoms. The minimum atomic E-state index is -3.54. The third-order valence-corrected chi connectivity index (χ3v) is 4.82. The molecule has 1 rings (SSSR count). The molecule has 2 N–H and O–H groups in total. The van der Waals surface area contributed by atoms with Crippen molar-refractivity contribution in [3.8, 4) is 0 Å². The Hall–Kier alpha value is -0.910. The highest BCUT2D eigenvalue weighted by molar-refractivity contribution is 7.89. The second kappa shape index (κ2) is 6.50. The SMILES string of the molecule is Cc1ccc(C)c(S(=O)(=O)NC(CCO)C(C)C)c1. The molecule has 1 unspecified atom stereocenters. The molecule has 0 aliphatic carbocycles. The number of nitrogens with one attached hydrogen (secondary N) is 1. The molecule has 1 aromatic carbocycles. The second-order valence-electron chi connectivity index (χ2n) is 5.25. The van der Waals surface area contributed by atoms with Crippen LogP contribution in [0.5, 0.6) is 0 Å². The van der Waals surface area contributed by atoms with Gasteiger partial charge >= 0.3 is 0 Å². The number of hydrogen-bond acceptors (Lipinski definition) is 3. The molecule has 0 radical (unpaired) electrons. The molecule has 5 heteroatoms. The number of benzene rings is 1. The van der Waals surface area contributed by atoms with E-state index in [1.165, 1.54) is 0 Å². The first-order valence-corrected chi connectivity index (χ1v) is 7.96. The Balaban J connectivity index is 3.06. The summed E-state index contributed by atoms with van der Waals surface area (Å²) in [7, 11) is -3.54. The minimum absolute atomic E-state index is 0.0296. The number of rotatable bonds is 6. The van der Waals surface area contributed by atoms with Crippen molar-refractivity contribution in [3.63, 3.8) is 0 Å². The van der Waals surface area contributed by atoms with Crippen molar-refractivity contribution in [3.05, 3.63) is 29.3 Å². The van der Waals surface area contributed by atoms with Gasteiger partial charge in [-0.3, -0.25) is 0 Å². The van der Waals surface area contributed by atoms with Gasteiger partial charge in [0, 0.05) is 12.6 Å². The summed E-state index contributed by atoms with van der Waals surface area (Å²) in [4.78, 5) is 0.316. The third kappa shape index (κ3) is 4.30. The van der Waals surface area contributed by atoms with Crippen LogP contribution in [0.4, 0.5) is 0 Å². The summed E-state index contributed by atoms with van der Waals surface area (Å²) in [5.74, 6) is 0.132. The van der Waals surface area contributed by atoms with E-state index in [1.807, 2.05) is 26.8 Å². The zero-order valence-electron chi connectivity index (χ0n) is 12.0. The molecule has 0 spiro atoms. The van der Waals surface area contributed by atoms with Gasteiger partial charge in [0.15, 0.2) is 0 Å². The first-order chi connectivity index (χ1) is 8.77. The van der Waals surface area contributed by atoms with Crippen LogP contribution in [0.3, 0.4) is 0 Å². The number of hydrogen-bond donors (Lipinski definition) is 2. The Labute approximate surface area is 115 Å². The van der Waals surface area contributed by atoms with E-state index in [2.05, 4.69) is 4.72 Å². The standard InChI is InChI=1S/C14H23NO3S/c1-10(2)13(7-8-16)15-19(17,18)14-9-11(3)5-6-12(14)4/h5-6,9-10,13,15-16H,7-8H2,1-4H3. The largest absolute Gasteiger partial charge is 0.396 e. The molecule has 0 heterocycles. The number of aliphatic hydroxyl groups is 1. The minimum Gasteiger partial charge on any atom is -0.396 e. The average Bonchev–Trinajstić information content (AvgIpc) is 2.31. The highest BCUT2D eigenvalue weighted by atomic mass is 32.2. The molecule has 0 aliphatic rings. The molecule has 0 aliphatic heterocycles. The van der Waals surface area contributed by atoms with Crippen molar-refractivity contribution in [2.24, 2.45) is 5.92 Å². The summed E-state index contributed by atoms with van der Waals surface area (Å²) >= 11 is 0. The topological polar surface area (TPSA) is 66.4 Å². The fourth-order valence-electron chi connectivity index (χ4n) is 1.93. The Morgan fingerprint density at radius 2 is 1.89 bits per heavy atom. The predicted molar refractivity (Wildman–Crippen MR) is 76.6 cm³/mol. The van der Waals surface area contributed by atoms with Crippen molar-refractivity contribution in [2.75, 3.05) is 6.61 Å². The quantitative estimate of drug-likeness (QED) is 0.840. The average molecular weight is 285 g/mol. The fraction of sp³-hybridized carbons (Fsp3) is 0.571. The van der Waals surface area contributed by atoms with Crippen LogP contribution in [-0.4, -0.2) is 26.2 Å². The van der Waals surface area contributed by atoms with Crippen molar-refractivity contribution in [1.29, 1.82) is 0 Å². The van der Waals surface area contributed by atoms with Gasteiger partial charge in [-0.1, -0.05) is 26.0 Å². The molecule has 0 saturated heterocycles. The van der Waals surface area contributed by atoms with Crippen LogP contribution in [0.1, 0.15) is 31.4 Å². The van der Waals surface area contributed by atoms with Crippen LogP contribution in [-0.2, 0) is 10.0 Å². The van der Waals surface area contributed by atoms with Crippen LogP contribution in [0.2, 0.25) is 0 Å². The highest BCUT2D eigenvalue weighted by Crippen LogP contribution is 2.18. The van der Waals surface area contributed by atoms with E-state index >= 15 is 0 Å². The van der Waals surface area contributed by atoms with Gasteiger partial charge in [0.1, 0.15) is 0 Å². The molecular formula is C14H23NO3S. The molecule has 108 valence electrons. The van der Waals surface area contributed by atoms with E-state index in [0.29, 0.717) is 11.3 Å². The second-order valence-corrected chi connectivity index (χ2v) is 6.94. The van der Waals surface area contributed by atoms with Gasteiger partial charge in [-0.25, -0.2) is 13.1 Å². The van der Waals surface area contributed by atoms with Gasteiger partial charge in [-0.15, -0.1) is 0 Å². The lowest BCUT2D eigenvalue weighted by atomic mass is 10.0. The van der Waals surface area contributed by atoms with Gasteiger partial charge < -0.3 is 5.11 Å². The van der Waals surface area contributed by atoms with E-state index in [1.54, 1.807) is 19.1 Å². The normalized spacial score (nSPS) is 13.8. The van der Waals surface area contributed by atoms with E-state index in [9.17, 15) is 8.42 Å². The van der Waals surface area contributed by atoms with Crippen LogP contribution < -0.4 is 4.72 Å². The van der Waals surface area contributed by atoms with Gasteiger partial charge in [-0.05, 0) is 43.4 Å². The summed E-state index contributed by atoms with van der Waals surface area (Å²) in [5.41, 5.74) is 1.64. The van der Waals surface area contributed by atoms with E-state index < -0.39 is 10.0 Å². The van der Waals surface area contributed by atoms with E-state index in [-0.39, 0.29) is 18.6 Å². The monoisotopic (exact) mass is 285 g/mol. The summed E-state index contributed by atoms with van der Waals surface area (Å²) in [6.07, 6.45) is 0.418. The predicted octanol–water partition coefficient (Wildman–Crippen LogP) is 1.99. The van der Waals surface area contributed by atoms with Gasteiger partial charge in [-0.2, -0.15) is 0 Å². The Bertz CT molecular complexity index is 523. The summed E-state index contributed by atoms with van der Waals surface area (Å²) in [5, 5.41) is 9.02. The summed E-state index contributed by atoms with van der Waals surface area (Å²) < 4.78 is 27.5. The number of sulfonamides is 1. The molecule has 0 fully saturated rings. The first kappa shape index (κ1) is 16.1. The third-order valence-electron chi connectivity index (χ3n) is 3.18. The summed E-state index contributed by atoms with van der Waals surface area (Å²) in [6.45, 7) is 7.49. The van der Waals surface area contributed by atoms with Crippen LogP contribution in [0.25, 0.3) is 0 Å². The van der Waals surface area contributed by atoms with E-state index in [0.717, 1.165) is 11.1 Å². The van der Waals surface area contributed by atoms with Crippen LogP contribution >= 0.6 is 0 Å². The maximum atomic E-state index is 12.4. The lowest BCUT2D eigenvalue weighted by molar-refractivity contribution is 0.256. The van der Waals surface area contributed by atoms with Gasteiger partial charge in [0.25, 0.3) is 0 Å². The molecule has 1 aromatic rings. The van der Waals surface area contributed by atoms with Crippen LogP contribution in [0.15, 0.2) is 23.1 Å². The Morgan fingerprint density at radius 3 is 2.42 bits per heavy atom. The maximum Gasteiger partial charge on any atom is 0.241 e. The zero-order chi connectivity index (χ0) is 14.6. The summed E-state index contributed by atoms with van der Waals surface area (Å²) in [6, 6.07) is 5.12. The van der Waals surface area contributed by atoms with Crippen molar-refractivity contribution < 1.29 is 13.5 Å². The number of aliphatic hydroxyl groups excluding tert-OH is 1. The van der Waals surface area contributed by atoms with Crippen molar-refractivity contribution >= 4 is 10.0 Å². The van der Waals surface area contributed by atoms with Crippen LogP contribution in [0, 0.1) is 19.8 Å². The van der Waals surface area contributed by atoms with Crippen molar-refractivity contribution in [2.45, 2.75) is 45.1 Å². The lowest BCUT2D eigenvalue weighted by Crippen LogP contribution is -2.39. The molecular weight excluding hydrogens is 262 g/mol. The number of aryl methyl sites for hydroxylation is 2. The smallest absolute Gasteiger partial charge is 0.241 e. The molecule has 19 heavy (non-hydrogen) atoms. The van der Waals surface area contributed by atoms with E-state index in [4.69, 9.17) is 5.11 Å². The first-order valence-electron chi connectivity index (χ1n) is 6.48. The maximum absolute atomic E-state index is 12.4. The Kier molecular flexibility index (Phi) is 5.52. The zero-order valence-corrected chi connectivity index (χ0v) is 12.8. The van der Waals surface area contributed by atoms with Gasteiger partial charge in [0.2, 0.25) is 10.0 Å². The highest BCUT2D eigenvalue weighted by Gasteiger charge is 2.23. The lowest BCUT2D eigenvalue weighted by Gasteiger charge is -2.22. The molecule has 1 atom stereocenters. The molecule has 0 amide bonds. The fourth-order valence-corrected chi connectivity index (χ4v) is 3.68. The Morgan fingerprint density at radius 1 is 1.26 bits per heavy atom. The van der Waals surface area contributed by atoms with Crippen molar-refractivity contribution in [1.82, 2.24) is 4.72 Å². The molecule has 4 nitrogen and oxygen atoms in total. The van der Waals surface area contributed by atoms with Gasteiger partial charge in [0.05, 0.1) is 4.90 Å².